The van der Waals surface area contributed by atoms with E-state index in [-0.39, 0.29) is 12.3 Å². The zero-order valence-electron chi connectivity index (χ0n) is 20.4. The van der Waals surface area contributed by atoms with E-state index in [2.05, 4.69) is 24.4 Å². The molecule has 3 N–H and O–H groups in total. The van der Waals surface area contributed by atoms with E-state index in [1.165, 1.54) is 49.3 Å². The minimum atomic E-state index is -0.869. The van der Waals surface area contributed by atoms with Crippen molar-refractivity contribution < 1.29 is 14.7 Å². The van der Waals surface area contributed by atoms with E-state index in [0.717, 1.165) is 24.8 Å². The molecule has 2 aromatic rings. The van der Waals surface area contributed by atoms with Crippen LogP contribution in [0.1, 0.15) is 88.4 Å². The lowest BCUT2D eigenvalue weighted by Crippen LogP contribution is -2.43. The fourth-order valence-corrected chi connectivity index (χ4v) is 3.75. The topological polar surface area (TPSA) is 100 Å². The van der Waals surface area contributed by atoms with Crippen LogP contribution < -0.4 is 16.4 Å². The third-order valence-electron chi connectivity index (χ3n) is 5.65. The molecule has 0 spiro atoms. The first-order valence-electron chi connectivity index (χ1n) is 12.2. The van der Waals surface area contributed by atoms with Crippen LogP contribution >= 0.6 is 0 Å². The van der Waals surface area contributed by atoms with Crippen LogP contribution in [0.3, 0.4) is 0 Å². The zero-order chi connectivity index (χ0) is 24.9. The van der Waals surface area contributed by atoms with Gasteiger partial charge in [0.15, 0.2) is 0 Å². The number of pyridine rings is 1. The van der Waals surface area contributed by atoms with Gasteiger partial charge in [-0.15, -0.1) is 0 Å². The predicted molar refractivity (Wildman–Crippen MR) is 137 cm³/mol. The lowest BCUT2D eigenvalue weighted by molar-refractivity contribution is -0.122. The van der Waals surface area contributed by atoms with Crippen LogP contribution in [0.5, 0.6) is 5.75 Å². The van der Waals surface area contributed by atoms with Gasteiger partial charge in [-0.1, -0.05) is 82.6 Å². The van der Waals surface area contributed by atoms with Gasteiger partial charge < -0.3 is 5.11 Å². The number of allylic oxidation sites excluding steroid dienone is 2. The Morgan fingerprint density at radius 2 is 1.62 bits per heavy atom. The van der Waals surface area contributed by atoms with Crippen molar-refractivity contribution >= 4 is 28.9 Å². The average Bonchev–Trinajstić information content (AvgIpc) is 2.81. The monoisotopic (exact) mass is 467 g/mol. The Morgan fingerprint density at radius 3 is 2.26 bits per heavy atom. The van der Waals surface area contributed by atoms with Gasteiger partial charge in [0.05, 0.1) is 5.52 Å². The maximum absolute atomic E-state index is 13.0. The smallest absolute Gasteiger partial charge is 0.279 e. The quantitative estimate of drug-likeness (QED) is 0.208. The van der Waals surface area contributed by atoms with Gasteiger partial charge >= 0.3 is 0 Å². The number of nitrogens with zero attached hydrogens (tertiary/aromatic N) is 1. The Morgan fingerprint density at radius 1 is 1.00 bits per heavy atom. The number of fused-ring (bicyclic) bond motifs is 1. The molecule has 1 aromatic carbocycles. The van der Waals surface area contributed by atoms with Crippen LogP contribution in [0.25, 0.3) is 17.1 Å². The van der Waals surface area contributed by atoms with Crippen molar-refractivity contribution in [3.63, 3.8) is 0 Å². The maximum Gasteiger partial charge on any atom is 0.279 e. The van der Waals surface area contributed by atoms with Crippen LogP contribution in [0.4, 0.5) is 0 Å². The third-order valence-corrected chi connectivity index (χ3v) is 5.65. The molecule has 0 radical (unpaired) electrons. The summed E-state index contributed by atoms with van der Waals surface area (Å²) in [6, 6.07) is 6.73. The molecule has 0 fully saturated rings. The summed E-state index contributed by atoms with van der Waals surface area (Å²) < 4.78 is 1.28. The Labute approximate surface area is 201 Å². The highest BCUT2D eigenvalue weighted by Gasteiger charge is 2.22. The minimum Gasteiger partial charge on any atom is -0.506 e. The molecule has 184 valence electrons. The standard InChI is InChI=1S/C27H37N3O4/c1-4-5-6-7-8-9-10-11-12-17-23(31)28-29-26(33)24-25(32)21-15-13-14-16-22(21)30(27(24)34)19-18-20(2)3/h13-16,18-19,32H,2,4-12,17H2,1,3H3,(H,28,31)(H,29,33). The molecule has 0 aliphatic heterocycles. The molecule has 7 heteroatoms. The van der Waals surface area contributed by atoms with E-state index in [4.69, 9.17) is 0 Å². The van der Waals surface area contributed by atoms with Crippen LogP contribution in [0.15, 0.2) is 47.3 Å². The first kappa shape index (κ1) is 26.9. The molecular formula is C27H37N3O4. The predicted octanol–water partition coefficient (Wildman–Crippen LogP) is 5.44. The van der Waals surface area contributed by atoms with Crippen molar-refractivity contribution in [3.05, 3.63) is 58.4 Å². The Balaban J connectivity index is 1.95. The van der Waals surface area contributed by atoms with Gasteiger partial charge in [-0.2, -0.15) is 0 Å². The summed E-state index contributed by atoms with van der Waals surface area (Å²) in [4.78, 5) is 37.8. The number of rotatable bonds is 13. The third kappa shape index (κ3) is 7.90. The SMILES string of the molecule is C=C(C)C=Cn1c(=O)c(C(=O)NNC(=O)CCCCCCCCCCC)c(O)c2ccccc21. The molecular weight excluding hydrogens is 430 g/mol. The van der Waals surface area contributed by atoms with Crippen molar-refractivity contribution in [2.45, 2.75) is 78.1 Å². The number of carbonyl (C=O) groups excluding carboxylic acids is 2. The number of benzene rings is 1. The largest absolute Gasteiger partial charge is 0.506 e. The van der Waals surface area contributed by atoms with Crippen LogP contribution in [0, 0.1) is 0 Å². The number of amides is 2. The van der Waals surface area contributed by atoms with Gasteiger partial charge in [-0.25, -0.2) is 0 Å². The minimum absolute atomic E-state index is 0.283. The number of carbonyl (C=O) groups is 2. The van der Waals surface area contributed by atoms with E-state index in [9.17, 15) is 19.5 Å². The molecule has 2 rings (SSSR count). The Hall–Kier alpha value is -3.35. The summed E-state index contributed by atoms with van der Waals surface area (Å²) in [5.41, 5.74) is 4.65. The molecule has 0 saturated heterocycles. The zero-order valence-corrected chi connectivity index (χ0v) is 20.4. The second kappa shape index (κ2) is 14.0. The van der Waals surface area contributed by atoms with Gasteiger partial charge in [0.2, 0.25) is 5.91 Å². The number of aromatic hydroxyl groups is 1. The summed E-state index contributed by atoms with van der Waals surface area (Å²) in [5, 5.41) is 11.0. The van der Waals surface area contributed by atoms with Crippen LogP contribution in [0.2, 0.25) is 0 Å². The molecule has 0 atom stereocenters. The van der Waals surface area contributed by atoms with Crippen molar-refractivity contribution in [1.82, 2.24) is 15.4 Å². The second-order valence-corrected chi connectivity index (χ2v) is 8.66. The number of hydrazine groups is 1. The van der Waals surface area contributed by atoms with Crippen molar-refractivity contribution in [2.24, 2.45) is 0 Å². The Bertz CT molecular complexity index is 1090. The number of unbranched alkanes of at least 4 members (excludes halogenated alkanes) is 8. The lowest BCUT2D eigenvalue weighted by atomic mass is 10.1. The number of hydrogen-bond donors (Lipinski definition) is 3. The fourth-order valence-electron chi connectivity index (χ4n) is 3.75. The van der Waals surface area contributed by atoms with Gasteiger partial charge in [-0.3, -0.25) is 29.8 Å². The molecule has 0 aliphatic rings. The molecule has 34 heavy (non-hydrogen) atoms. The van der Waals surface area contributed by atoms with Gasteiger partial charge in [0, 0.05) is 18.0 Å². The van der Waals surface area contributed by atoms with Gasteiger partial charge in [0.1, 0.15) is 11.3 Å². The summed E-state index contributed by atoms with van der Waals surface area (Å²) in [7, 11) is 0. The van der Waals surface area contributed by atoms with E-state index in [1.54, 1.807) is 37.3 Å². The summed E-state index contributed by atoms with van der Waals surface area (Å²) in [5.74, 6) is -1.63. The molecule has 1 aromatic heterocycles. The highest BCUT2D eigenvalue weighted by Crippen LogP contribution is 2.26. The number of aromatic nitrogens is 1. The van der Waals surface area contributed by atoms with E-state index >= 15 is 0 Å². The number of hydrogen-bond acceptors (Lipinski definition) is 4. The van der Waals surface area contributed by atoms with Gasteiger partial charge in [0.25, 0.3) is 11.5 Å². The van der Waals surface area contributed by atoms with Crippen LogP contribution in [-0.2, 0) is 4.79 Å². The fraction of sp³-hybridized carbons (Fsp3) is 0.444. The molecule has 0 unspecified atom stereocenters. The Kier molecular flexibility index (Phi) is 11.1. The average molecular weight is 468 g/mol. The molecule has 0 saturated carbocycles. The molecule has 1 heterocycles. The van der Waals surface area contributed by atoms with E-state index < -0.39 is 22.8 Å². The highest BCUT2D eigenvalue weighted by molar-refractivity contribution is 6.03. The first-order valence-corrected chi connectivity index (χ1v) is 12.2. The summed E-state index contributed by atoms with van der Waals surface area (Å²) in [6.45, 7) is 7.76. The summed E-state index contributed by atoms with van der Waals surface area (Å²) in [6.07, 6.45) is 13.7. The van der Waals surface area contributed by atoms with Crippen molar-refractivity contribution in [2.75, 3.05) is 0 Å². The van der Waals surface area contributed by atoms with Crippen molar-refractivity contribution in [3.8, 4) is 5.75 Å². The van der Waals surface area contributed by atoms with E-state index in [1.807, 2.05) is 0 Å². The highest BCUT2D eigenvalue weighted by atomic mass is 16.3. The van der Waals surface area contributed by atoms with E-state index in [0.29, 0.717) is 10.9 Å². The molecule has 7 nitrogen and oxygen atoms in total. The van der Waals surface area contributed by atoms with Gasteiger partial charge in [-0.05, 0) is 31.6 Å². The first-order chi connectivity index (χ1) is 16.4. The molecule has 0 aliphatic carbocycles. The maximum atomic E-state index is 13.0. The number of para-hydroxylation sites is 1. The van der Waals surface area contributed by atoms with Crippen molar-refractivity contribution in [1.29, 1.82) is 0 Å². The molecule has 2 amide bonds. The van der Waals surface area contributed by atoms with Crippen LogP contribution in [-0.4, -0.2) is 21.5 Å². The second-order valence-electron chi connectivity index (χ2n) is 8.66. The lowest BCUT2D eigenvalue weighted by Gasteiger charge is -2.13. The summed E-state index contributed by atoms with van der Waals surface area (Å²) >= 11 is 0. The molecule has 0 bridgehead atoms. The normalized spacial score (nSPS) is 11.1. The number of nitrogens with one attached hydrogen (secondary N) is 2.